The molecule has 3 aromatic carbocycles. The number of carbonyl (C=O) groups excluding carboxylic acids is 3. The first-order valence-electron chi connectivity index (χ1n) is 27.3. The van der Waals surface area contributed by atoms with E-state index >= 15 is 0 Å². The van der Waals surface area contributed by atoms with E-state index in [2.05, 4.69) is 33.3 Å². The molecule has 0 aliphatic heterocycles. The lowest BCUT2D eigenvalue weighted by atomic mass is 9.81. The van der Waals surface area contributed by atoms with E-state index in [0.717, 1.165) is 53.6 Å². The lowest BCUT2D eigenvalue weighted by Gasteiger charge is -2.27. The molecule has 15 nitrogen and oxygen atoms in total. The minimum absolute atomic E-state index is 0.136. The fraction of sp³-hybridized carbons (Fsp3) is 0.393. The van der Waals surface area contributed by atoms with Gasteiger partial charge in [-0.1, -0.05) is 148 Å². The first-order chi connectivity index (χ1) is 39.3. The fourth-order valence-corrected chi connectivity index (χ4v) is 14.2. The Morgan fingerprint density at radius 2 is 1.00 bits per heavy atom. The molecule has 2 aliphatic rings. The summed E-state index contributed by atoms with van der Waals surface area (Å²) in [7, 11) is 3.34. The van der Waals surface area contributed by atoms with Crippen LogP contribution in [0.4, 0.5) is 15.4 Å². The Bertz CT molecular complexity index is 3280. The van der Waals surface area contributed by atoms with Crippen molar-refractivity contribution in [3.63, 3.8) is 0 Å². The summed E-state index contributed by atoms with van der Waals surface area (Å²) in [6, 6.07) is 26.4. The number of anilines is 3. The van der Waals surface area contributed by atoms with E-state index in [1.54, 1.807) is 37.6 Å². The lowest BCUT2D eigenvalue weighted by Crippen LogP contribution is -2.35. The molecular weight excluding hydrogens is 1160 g/mol. The summed E-state index contributed by atoms with van der Waals surface area (Å²) in [6.45, 7) is 4.10. The number of carboxylic acids is 3. The number of rotatable bonds is 21. The van der Waals surface area contributed by atoms with E-state index in [9.17, 15) is 44.1 Å². The molecule has 0 spiro atoms. The van der Waals surface area contributed by atoms with Crippen molar-refractivity contribution in [3.8, 4) is 33.8 Å². The zero-order valence-electron chi connectivity index (χ0n) is 46.2. The summed E-state index contributed by atoms with van der Waals surface area (Å²) in [5.74, 6) is -4.32. The maximum Gasteiger partial charge on any atom is 0.304 e. The summed E-state index contributed by atoms with van der Waals surface area (Å²) in [6.07, 6.45) is 11.4. The SMILES string of the molecule is CN(C(=O)C(CC(=O)O)CC1CCCC1)c1nc(-c2ccccc2Cl)cs1.CN(C(=O)C(CC(=O)O)CC1CCCCC1)c1nc(-c2ccccc2Cl)cs1.Cc1cc(-c2csc(NC(=O)[C@@H](CC(=O)O)Cc3ccccc3)n2)c(C)s1. The van der Waals surface area contributed by atoms with Gasteiger partial charge in [0.25, 0.3) is 0 Å². The van der Waals surface area contributed by atoms with Gasteiger partial charge in [0.15, 0.2) is 15.4 Å². The van der Waals surface area contributed by atoms with E-state index in [0.29, 0.717) is 67.9 Å². The number of halogens is 2. The second-order valence-corrected chi connectivity index (χ2v) is 25.6. The maximum absolute atomic E-state index is 13.1. The Morgan fingerprint density at radius 3 is 1.45 bits per heavy atom. The van der Waals surface area contributed by atoms with E-state index in [4.69, 9.17) is 23.2 Å². The number of thiophene rings is 1. The molecule has 7 aromatic rings. The number of nitrogens with zero attached hydrogens (tertiary/aromatic N) is 5. The number of amides is 3. The predicted octanol–water partition coefficient (Wildman–Crippen LogP) is 15.3. The smallest absolute Gasteiger partial charge is 0.304 e. The van der Waals surface area contributed by atoms with Crippen molar-refractivity contribution < 1.29 is 44.1 Å². The molecule has 21 heteroatoms. The normalized spacial score (nSPS) is 14.5. The molecule has 82 heavy (non-hydrogen) atoms. The zero-order valence-corrected chi connectivity index (χ0v) is 51.0. The number of carbonyl (C=O) groups is 6. The summed E-state index contributed by atoms with van der Waals surface area (Å²) in [4.78, 5) is 91.5. The molecular formula is C61H68Cl2N6O9S4. The van der Waals surface area contributed by atoms with Gasteiger partial charge in [-0.05, 0) is 68.7 Å². The van der Waals surface area contributed by atoms with Crippen LogP contribution in [0.25, 0.3) is 33.8 Å². The Hall–Kier alpha value is -6.35. The summed E-state index contributed by atoms with van der Waals surface area (Å²) < 4.78 is 0. The molecule has 3 atom stereocenters. The minimum Gasteiger partial charge on any atom is -0.481 e. The molecule has 0 bridgehead atoms. The molecule has 434 valence electrons. The maximum atomic E-state index is 13.1. The first kappa shape index (κ1) is 63.2. The highest BCUT2D eigenvalue weighted by Gasteiger charge is 2.32. The number of hydrogen-bond donors (Lipinski definition) is 4. The first-order valence-corrected chi connectivity index (χ1v) is 31.5. The van der Waals surface area contributed by atoms with Crippen LogP contribution in [0.1, 0.15) is 105 Å². The van der Waals surface area contributed by atoms with Crippen LogP contribution in [0, 0.1) is 43.4 Å². The fourth-order valence-electron chi connectivity index (χ4n) is 10.5. The molecule has 2 saturated carbocycles. The molecule has 4 aromatic heterocycles. The van der Waals surface area contributed by atoms with Crippen LogP contribution in [-0.4, -0.2) is 80.0 Å². The quantitative estimate of drug-likeness (QED) is 0.0528. The molecule has 2 aliphatic carbocycles. The number of carboxylic acid groups (broad SMARTS) is 3. The highest BCUT2D eigenvalue weighted by atomic mass is 35.5. The van der Waals surface area contributed by atoms with Crippen LogP contribution in [0.5, 0.6) is 0 Å². The monoisotopic (exact) mass is 1230 g/mol. The predicted molar refractivity (Wildman–Crippen MR) is 331 cm³/mol. The Kier molecular flexibility index (Phi) is 23.8. The third kappa shape index (κ3) is 18.3. The number of aliphatic carboxylic acids is 3. The second kappa shape index (κ2) is 30.8. The summed E-state index contributed by atoms with van der Waals surface area (Å²) >= 11 is 18.3. The largest absolute Gasteiger partial charge is 0.481 e. The molecule has 4 N–H and O–H groups in total. The van der Waals surface area contributed by atoms with Crippen molar-refractivity contribution >= 4 is 120 Å². The zero-order chi connectivity index (χ0) is 58.9. The van der Waals surface area contributed by atoms with Crippen molar-refractivity contribution in [2.45, 2.75) is 110 Å². The molecule has 2 unspecified atom stereocenters. The molecule has 0 radical (unpaired) electrons. The Labute approximate surface area is 504 Å². The van der Waals surface area contributed by atoms with Crippen LogP contribution in [0.15, 0.2) is 101 Å². The lowest BCUT2D eigenvalue weighted by molar-refractivity contribution is -0.141. The third-order valence-corrected chi connectivity index (χ3v) is 18.9. The van der Waals surface area contributed by atoms with Gasteiger partial charge in [0.1, 0.15) is 0 Å². The van der Waals surface area contributed by atoms with Gasteiger partial charge in [0.05, 0.1) is 42.3 Å². The highest BCUT2D eigenvalue weighted by Crippen LogP contribution is 2.38. The Balaban J connectivity index is 0.000000177. The van der Waals surface area contributed by atoms with Gasteiger partial charge < -0.3 is 20.6 Å². The van der Waals surface area contributed by atoms with Gasteiger partial charge in [-0.3, -0.25) is 38.6 Å². The van der Waals surface area contributed by atoms with E-state index < -0.39 is 35.7 Å². The molecule has 0 saturated heterocycles. The average molecular weight is 1230 g/mol. The second-order valence-electron chi connectivity index (χ2n) is 20.8. The van der Waals surface area contributed by atoms with Crippen molar-refractivity contribution in [2.75, 3.05) is 29.2 Å². The Morgan fingerprint density at radius 1 is 0.573 bits per heavy atom. The van der Waals surface area contributed by atoms with Crippen molar-refractivity contribution in [1.82, 2.24) is 15.0 Å². The standard InChI is InChI=1S/C21H25ClN2O3S.C20H23ClN2O3S.C20H20N2O3S2/c1-24(21-23-18(13-28-21)16-9-5-6-10-17(16)22)20(27)15(12-19(25)26)11-14-7-3-2-4-8-14;1-23(19(26)14(11-18(24)25)10-13-6-2-3-7-13)20-22-17(12-27-20)15-8-4-5-9-16(15)21;1-12-8-16(13(2)27-12)17-11-26-20(21-17)22-19(25)15(10-18(23)24)9-14-6-4-3-5-7-14/h5-6,9-10,13-15H,2-4,7-8,11-12H2,1H3,(H,25,26);4-5,8-9,12-14H,2-3,6-7,10-11H2,1H3,(H,24,25);3-8,11,15H,9-10H2,1-2H3,(H,23,24)(H,21,22,25)/t;;15-/m..1/s1. The number of aromatic nitrogens is 3. The van der Waals surface area contributed by atoms with E-state index in [1.165, 1.54) is 85.7 Å². The molecule has 2 fully saturated rings. The third-order valence-electron chi connectivity index (χ3n) is 14.7. The topological polar surface area (TPSA) is 220 Å². The number of benzene rings is 3. The number of hydrogen-bond acceptors (Lipinski definition) is 13. The van der Waals surface area contributed by atoms with Crippen LogP contribution in [0.3, 0.4) is 0 Å². The number of thiazole rings is 3. The minimum atomic E-state index is -0.990. The molecule has 4 heterocycles. The highest BCUT2D eigenvalue weighted by molar-refractivity contribution is 7.15. The summed E-state index contributed by atoms with van der Waals surface area (Å²) in [5, 5.41) is 39.0. The molecule has 3 amide bonds. The molecule has 9 rings (SSSR count). The number of aryl methyl sites for hydroxylation is 2. The van der Waals surface area contributed by atoms with E-state index in [-0.39, 0.29) is 37.0 Å². The van der Waals surface area contributed by atoms with Crippen LogP contribution in [0.2, 0.25) is 10.0 Å². The van der Waals surface area contributed by atoms with Crippen molar-refractivity contribution in [1.29, 1.82) is 0 Å². The van der Waals surface area contributed by atoms with Gasteiger partial charge in [0, 0.05) is 78.6 Å². The average Bonchev–Trinajstić information content (AvgIpc) is 4.50. The van der Waals surface area contributed by atoms with E-state index in [1.807, 2.05) is 89.8 Å². The van der Waals surface area contributed by atoms with Gasteiger partial charge in [-0.2, -0.15) is 0 Å². The summed E-state index contributed by atoms with van der Waals surface area (Å²) in [5.41, 5.74) is 5.89. The van der Waals surface area contributed by atoms with Gasteiger partial charge in [-0.25, -0.2) is 15.0 Å². The van der Waals surface area contributed by atoms with Gasteiger partial charge in [-0.15, -0.1) is 45.3 Å². The van der Waals surface area contributed by atoms with Crippen LogP contribution >= 0.6 is 68.5 Å². The van der Waals surface area contributed by atoms with Gasteiger partial charge in [0.2, 0.25) is 17.7 Å². The van der Waals surface area contributed by atoms with Crippen LogP contribution in [-0.2, 0) is 35.2 Å². The van der Waals surface area contributed by atoms with Crippen LogP contribution < -0.4 is 15.1 Å². The number of nitrogens with one attached hydrogen (secondary N) is 1. The van der Waals surface area contributed by atoms with Crippen molar-refractivity contribution in [3.05, 3.63) is 126 Å². The van der Waals surface area contributed by atoms with Crippen molar-refractivity contribution in [2.24, 2.45) is 29.6 Å². The van der Waals surface area contributed by atoms with Gasteiger partial charge >= 0.3 is 17.9 Å².